The van der Waals surface area contributed by atoms with Crippen molar-refractivity contribution in [2.24, 2.45) is 0 Å². The number of aliphatic hydroxyl groups excluding tert-OH is 1. The van der Waals surface area contributed by atoms with E-state index in [4.69, 9.17) is 0 Å². The van der Waals surface area contributed by atoms with Crippen molar-refractivity contribution in [2.75, 3.05) is 18.0 Å². The monoisotopic (exact) mass is 335 g/mol. The number of thiazole rings is 1. The lowest BCUT2D eigenvalue weighted by Crippen LogP contribution is -2.25. The van der Waals surface area contributed by atoms with Gasteiger partial charge in [0.05, 0.1) is 16.8 Å². The molecule has 0 aliphatic carbocycles. The Morgan fingerprint density at radius 3 is 2.54 bits per heavy atom. The molecule has 1 aromatic heterocycles. The van der Waals surface area contributed by atoms with Gasteiger partial charge >= 0.3 is 0 Å². The second-order valence-electron chi connectivity index (χ2n) is 5.27. The van der Waals surface area contributed by atoms with E-state index in [0.717, 1.165) is 22.4 Å². The molecule has 0 aliphatic rings. The number of fused-ring (bicyclic) bond motifs is 1. The molecule has 3 rings (SSSR count). The van der Waals surface area contributed by atoms with Crippen molar-refractivity contribution in [3.8, 4) is 6.07 Å². The first kappa shape index (κ1) is 16.0. The molecule has 0 atom stereocenters. The third-order valence-electron chi connectivity index (χ3n) is 3.75. The van der Waals surface area contributed by atoms with Crippen molar-refractivity contribution in [3.05, 3.63) is 65.4 Å². The molecule has 0 bridgehead atoms. The van der Waals surface area contributed by atoms with Gasteiger partial charge in [0.15, 0.2) is 0 Å². The van der Waals surface area contributed by atoms with Crippen molar-refractivity contribution in [1.29, 1.82) is 5.26 Å². The fourth-order valence-corrected chi connectivity index (χ4v) is 3.48. The van der Waals surface area contributed by atoms with Gasteiger partial charge < -0.3 is 10.0 Å². The Kier molecular flexibility index (Phi) is 4.78. The third-order valence-corrected chi connectivity index (χ3v) is 4.81. The molecule has 4 nitrogen and oxygen atoms in total. The summed E-state index contributed by atoms with van der Waals surface area (Å²) in [5, 5.41) is 20.6. The van der Waals surface area contributed by atoms with Crippen LogP contribution in [0.15, 0.2) is 60.4 Å². The number of anilines is 1. The van der Waals surface area contributed by atoms with Crippen LogP contribution in [0.4, 0.5) is 5.69 Å². The number of nitrogens with zero attached hydrogens (tertiary/aromatic N) is 3. The zero-order valence-electron chi connectivity index (χ0n) is 13.3. The van der Waals surface area contributed by atoms with E-state index in [9.17, 15) is 10.4 Å². The molecule has 120 valence electrons. The highest BCUT2D eigenvalue weighted by Gasteiger charge is 2.16. The highest BCUT2D eigenvalue weighted by molar-refractivity contribution is 7.19. The summed E-state index contributed by atoms with van der Waals surface area (Å²) in [5.74, 6) is 0.0438. The smallest absolute Gasteiger partial charge is 0.138 e. The molecule has 0 aliphatic heterocycles. The number of nitriles is 1. The second-order valence-corrected chi connectivity index (χ2v) is 6.30. The minimum Gasteiger partial charge on any atom is -0.509 e. The normalized spacial score (nSPS) is 11.8. The Morgan fingerprint density at radius 1 is 1.17 bits per heavy atom. The molecule has 3 aromatic rings. The summed E-state index contributed by atoms with van der Waals surface area (Å²) in [6, 6.07) is 19.7. The Labute approximate surface area is 144 Å². The zero-order valence-corrected chi connectivity index (χ0v) is 14.1. The molecule has 0 saturated carbocycles. The van der Waals surface area contributed by atoms with Gasteiger partial charge in [-0.15, -0.1) is 11.3 Å². The molecule has 1 heterocycles. The second kappa shape index (κ2) is 7.16. The predicted molar refractivity (Wildman–Crippen MR) is 99.1 cm³/mol. The maximum atomic E-state index is 10.5. The van der Waals surface area contributed by atoms with Gasteiger partial charge in [-0.25, -0.2) is 4.98 Å². The van der Waals surface area contributed by atoms with Crippen LogP contribution in [-0.4, -0.2) is 23.2 Å². The summed E-state index contributed by atoms with van der Waals surface area (Å²) in [6.45, 7) is 3.02. The van der Waals surface area contributed by atoms with E-state index < -0.39 is 0 Å². The van der Waals surface area contributed by atoms with Gasteiger partial charge in [0.2, 0.25) is 0 Å². The SMILES string of the molecule is CCN(CC(O)=C(C#N)c1nc2ccccc2s1)c1ccccc1. The van der Waals surface area contributed by atoms with Crippen LogP contribution in [0.2, 0.25) is 0 Å². The third kappa shape index (κ3) is 3.24. The summed E-state index contributed by atoms with van der Waals surface area (Å²) < 4.78 is 1.00. The Balaban J connectivity index is 1.94. The van der Waals surface area contributed by atoms with Crippen molar-refractivity contribution < 1.29 is 5.11 Å². The number of aromatic nitrogens is 1. The lowest BCUT2D eigenvalue weighted by Gasteiger charge is -2.22. The number of para-hydroxylation sites is 2. The molecular weight excluding hydrogens is 318 g/mol. The van der Waals surface area contributed by atoms with Gasteiger partial charge in [-0.05, 0) is 31.2 Å². The Hall–Kier alpha value is -2.84. The minimum atomic E-state index is 0.0438. The average Bonchev–Trinajstić information content (AvgIpc) is 3.04. The number of hydrogen-bond donors (Lipinski definition) is 1. The average molecular weight is 335 g/mol. The van der Waals surface area contributed by atoms with Gasteiger partial charge in [-0.3, -0.25) is 0 Å². The van der Waals surface area contributed by atoms with E-state index in [-0.39, 0.29) is 17.9 Å². The standard InChI is InChI=1S/C19H17N3OS/c1-2-22(14-8-4-3-5-9-14)13-17(23)15(12-20)19-21-16-10-6-7-11-18(16)24-19/h3-11,23H,2,13H2,1H3. The quantitative estimate of drug-likeness (QED) is 0.546. The van der Waals surface area contributed by atoms with E-state index in [1.807, 2.05) is 66.4 Å². The Bertz CT molecular complexity index is 876. The highest BCUT2D eigenvalue weighted by atomic mass is 32.1. The summed E-state index contributed by atoms with van der Waals surface area (Å²) in [6.07, 6.45) is 0. The molecule has 2 aromatic carbocycles. The number of rotatable bonds is 5. The molecule has 0 saturated heterocycles. The number of allylic oxidation sites excluding steroid dienone is 1. The predicted octanol–water partition coefficient (Wildman–Crippen LogP) is 4.62. The van der Waals surface area contributed by atoms with E-state index >= 15 is 0 Å². The van der Waals surface area contributed by atoms with Crippen LogP contribution in [0.3, 0.4) is 0 Å². The lowest BCUT2D eigenvalue weighted by molar-refractivity contribution is 0.403. The molecule has 24 heavy (non-hydrogen) atoms. The maximum Gasteiger partial charge on any atom is 0.138 e. The first-order valence-electron chi connectivity index (χ1n) is 7.71. The van der Waals surface area contributed by atoms with E-state index in [1.54, 1.807) is 0 Å². The van der Waals surface area contributed by atoms with Crippen molar-refractivity contribution in [2.45, 2.75) is 6.92 Å². The fourth-order valence-electron chi connectivity index (χ4n) is 2.50. The van der Waals surface area contributed by atoms with E-state index in [2.05, 4.69) is 11.1 Å². The molecule has 0 amide bonds. The van der Waals surface area contributed by atoms with Crippen LogP contribution in [-0.2, 0) is 0 Å². The zero-order chi connectivity index (χ0) is 16.9. The topological polar surface area (TPSA) is 60.1 Å². The molecule has 5 heteroatoms. The summed E-state index contributed by atoms with van der Waals surface area (Å²) in [7, 11) is 0. The van der Waals surface area contributed by atoms with Crippen LogP contribution in [0.1, 0.15) is 11.9 Å². The van der Waals surface area contributed by atoms with Gasteiger partial charge in [0.1, 0.15) is 22.4 Å². The number of aliphatic hydroxyl groups is 1. The van der Waals surface area contributed by atoms with Gasteiger partial charge in [-0.1, -0.05) is 30.3 Å². The molecule has 1 N–H and O–H groups in total. The van der Waals surface area contributed by atoms with Gasteiger partial charge in [0.25, 0.3) is 0 Å². The summed E-state index contributed by atoms with van der Waals surface area (Å²) in [4.78, 5) is 6.48. The van der Waals surface area contributed by atoms with E-state index in [0.29, 0.717) is 5.01 Å². The highest BCUT2D eigenvalue weighted by Crippen LogP contribution is 2.28. The molecule has 0 unspecified atom stereocenters. The maximum absolute atomic E-state index is 10.5. The molecular formula is C19H17N3OS. The molecule has 0 spiro atoms. The van der Waals surface area contributed by atoms with Crippen molar-refractivity contribution >= 4 is 32.8 Å². The van der Waals surface area contributed by atoms with Crippen molar-refractivity contribution in [3.63, 3.8) is 0 Å². The first-order valence-corrected chi connectivity index (χ1v) is 8.52. The number of benzene rings is 2. The van der Waals surface area contributed by atoms with Crippen LogP contribution < -0.4 is 4.90 Å². The first-order chi connectivity index (χ1) is 11.7. The fraction of sp³-hybridized carbons (Fsp3) is 0.158. The van der Waals surface area contributed by atoms with Crippen LogP contribution in [0.5, 0.6) is 0 Å². The molecule has 0 radical (unpaired) electrons. The summed E-state index contributed by atoms with van der Waals surface area (Å²) >= 11 is 1.42. The summed E-state index contributed by atoms with van der Waals surface area (Å²) in [5.41, 5.74) is 2.09. The Morgan fingerprint density at radius 2 is 1.88 bits per heavy atom. The van der Waals surface area contributed by atoms with E-state index in [1.165, 1.54) is 11.3 Å². The minimum absolute atomic E-state index is 0.0438. The van der Waals surface area contributed by atoms with Gasteiger partial charge in [0, 0.05) is 12.2 Å². The largest absolute Gasteiger partial charge is 0.509 e. The molecule has 0 fully saturated rings. The van der Waals surface area contributed by atoms with Crippen LogP contribution in [0, 0.1) is 11.3 Å². The van der Waals surface area contributed by atoms with Crippen LogP contribution >= 0.6 is 11.3 Å². The van der Waals surface area contributed by atoms with Crippen LogP contribution in [0.25, 0.3) is 15.8 Å². The van der Waals surface area contributed by atoms with Crippen molar-refractivity contribution in [1.82, 2.24) is 4.98 Å². The lowest BCUT2D eigenvalue weighted by atomic mass is 10.2. The van der Waals surface area contributed by atoms with Gasteiger partial charge in [-0.2, -0.15) is 5.26 Å². The number of likely N-dealkylation sites (N-methyl/N-ethyl adjacent to an activating group) is 1. The number of hydrogen-bond acceptors (Lipinski definition) is 5.